The van der Waals surface area contributed by atoms with Crippen molar-refractivity contribution in [3.05, 3.63) is 51.6 Å². The number of aliphatic hydroxyl groups excluding tert-OH is 1. The Balaban J connectivity index is 1.56. The molecule has 0 aromatic heterocycles. The first-order valence-corrected chi connectivity index (χ1v) is 14.6. The number of carbonyl (C=O) groups excluding carboxylic acids is 5. The minimum atomic E-state index is -2.08. The maximum atomic E-state index is 13.8. The van der Waals surface area contributed by atoms with E-state index >= 15 is 0 Å². The van der Waals surface area contributed by atoms with Gasteiger partial charge in [0.05, 0.1) is 42.0 Å². The lowest BCUT2D eigenvalue weighted by atomic mass is 9.72. The van der Waals surface area contributed by atoms with Crippen molar-refractivity contribution in [2.75, 3.05) is 7.11 Å². The molecule has 4 unspecified atom stereocenters. The summed E-state index contributed by atoms with van der Waals surface area (Å²) in [7, 11) is 1.32. The maximum Gasteiger partial charge on any atom is 0.220 e. The van der Waals surface area contributed by atoms with Crippen molar-refractivity contribution < 1.29 is 58.6 Å². The number of rotatable bonds is 8. The monoisotopic (exact) mass is 625 g/mol. The molecule has 5 N–H and O–H groups in total. The van der Waals surface area contributed by atoms with Gasteiger partial charge >= 0.3 is 0 Å². The number of nitrogens with one attached hydrogen (secondary N) is 1. The average molecular weight is 626 g/mol. The number of hydrogen-bond donors (Lipinski definition) is 5. The van der Waals surface area contributed by atoms with Crippen LogP contribution < -0.4 is 10.1 Å². The van der Waals surface area contributed by atoms with E-state index in [2.05, 4.69) is 5.32 Å². The lowest BCUT2D eigenvalue weighted by Crippen LogP contribution is -2.55. The van der Waals surface area contributed by atoms with Crippen LogP contribution in [0, 0.1) is 0 Å². The maximum absolute atomic E-state index is 13.8. The Kier molecular flexibility index (Phi) is 8.57. The molecular formula is C32H35NO12. The fourth-order valence-electron chi connectivity index (χ4n) is 6.34. The molecule has 13 heteroatoms. The van der Waals surface area contributed by atoms with Crippen molar-refractivity contribution in [1.29, 1.82) is 0 Å². The third-order valence-electron chi connectivity index (χ3n) is 8.80. The Labute approximate surface area is 258 Å². The Morgan fingerprint density at radius 3 is 2.38 bits per heavy atom. The number of ketones is 4. The number of phenols is 2. The average Bonchev–Trinajstić information content (AvgIpc) is 2.98. The second kappa shape index (κ2) is 12.0. The van der Waals surface area contributed by atoms with Crippen LogP contribution in [0.1, 0.15) is 95.5 Å². The van der Waals surface area contributed by atoms with E-state index in [4.69, 9.17) is 14.2 Å². The molecule has 1 saturated heterocycles. The van der Waals surface area contributed by atoms with Gasteiger partial charge < -0.3 is 44.7 Å². The van der Waals surface area contributed by atoms with Gasteiger partial charge in [-0.1, -0.05) is 12.1 Å². The SMILES string of the molecule is COc1cccc2c1C(=O)c1c(O)c3c(c(O)c1C2=O)C[C@@](O)(C(C)=O)C[C@@H]3OC1CC(NC(=O)CCC(C)=O)C(O)C(C)O1. The van der Waals surface area contributed by atoms with Gasteiger partial charge in [0.1, 0.15) is 34.7 Å². The highest BCUT2D eigenvalue weighted by atomic mass is 16.7. The minimum Gasteiger partial charge on any atom is -0.507 e. The van der Waals surface area contributed by atoms with Crippen LogP contribution in [0.5, 0.6) is 17.2 Å². The molecule has 0 bridgehead atoms. The summed E-state index contributed by atoms with van der Waals surface area (Å²) in [6, 6.07) is 3.51. The van der Waals surface area contributed by atoms with Crippen molar-refractivity contribution >= 4 is 29.0 Å². The van der Waals surface area contributed by atoms with Crippen LogP contribution in [0.3, 0.4) is 0 Å². The van der Waals surface area contributed by atoms with Crippen LogP contribution in [-0.2, 0) is 30.3 Å². The molecule has 1 fully saturated rings. The highest BCUT2D eigenvalue weighted by Crippen LogP contribution is 2.52. The first kappa shape index (κ1) is 32.2. The molecule has 2 aromatic rings. The summed E-state index contributed by atoms with van der Waals surface area (Å²) >= 11 is 0. The zero-order chi connectivity index (χ0) is 33.0. The number of Topliss-reactive ketones (excluding diaryl/α,β-unsaturated/α-hetero) is 2. The first-order chi connectivity index (χ1) is 21.2. The predicted molar refractivity (Wildman–Crippen MR) is 154 cm³/mol. The summed E-state index contributed by atoms with van der Waals surface area (Å²) in [5, 5.41) is 47.8. The van der Waals surface area contributed by atoms with Crippen LogP contribution >= 0.6 is 0 Å². The summed E-state index contributed by atoms with van der Waals surface area (Å²) in [5.41, 5.74) is -3.43. The molecular weight excluding hydrogens is 590 g/mol. The molecule has 1 heterocycles. The summed E-state index contributed by atoms with van der Waals surface area (Å²) < 4.78 is 17.3. The van der Waals surface area contributed by atoms with Gasteiger partial charge in [0.2, 0.25) is 11.7 Å². The zero-order valence-corrected chi connectivity index (χ0v) is 25.2. The van der Waals surface area contributed by atoms with E-state index in [-0.39, 0.29) is 53.0 Å². The van der Waals surface area contributed by atoms with Gasteiger partial charge in [-0.05, 0) is 26.8 Å². The Bertz CT molecular complexity index is 1620. The fourth-order valence-corrected chi connectivity index (χ4v) is 6.34. The molecule has 13 nitrogen and oxygen atoms in total. The van der Waals surface area contributed by atoms with Crippen LogP contribution in [0.2, 0.25) is 0 Å². The van der Waals surface area contributed by atoms with Crippen LogP contribution in [-0.4, -0.2) is 86.7 Å². The molecule has 2 aliphatic carbocycles. The normalized spacial score (nSPS) is 27.2. The van der Waals surface area contributed by atoms with Gasteiger partial charge in [-0.2, -0.15) is 0 Å². The van der Waals surface area contributed by atoms with E-state index in [0.717, 1.165) is 6.92 Å². The third kappa shape index (κ3) is 5.61. The van der Waals surface area contributed by atoms with E-state index in [1.807, 2.05) is 0 Å². The molecule has 3 aliphatic rings. The summed E-state index contributed by atoms with van der Waals surface area (Å²) in [6.45, 7) is 4.05. The zero-order valence-electron chi connectivity index (χ0n) is 25.2. The molecule has 1 aliphatic heterocycles. The van der Waals surface area contributed by atoms with Crippen LogP contribution in [0.15, 0.2) is 18.2 Å². The molecule has 0 radical (unpaired) electrons. The standard InChI is InChI=1S/C32H35NO12/c1-13(34)8-9-21(36)33-18-10-22(44-14(2)27(18)37)45-20-12-32(42,15(3)35)11-17-24(20)31(41)26-25(29(17)39)28(38)16-6-5-7-19(43-4)23(16)30(26)40/h5-7,14,18,20,22,27,37,39,41-42H,8-12H2,1-4H3,(H,33,36)/t14?,18?,20-,22?,27?,32-/m0/s1. The van der Waals surface area contributed by atoms with E-state index in [0.29, 0.717) is 0 Å². The molecule has 5 rings (SSSR count). The van der Waals surface area contributed by atoms with Crippen molar-refractivity contribution in [2.24, 2.45) is 0 Å². The van der Waals surface area contributed by atoms with Crippen molar-refractivity contribution in [2.45, 2.75) is 89.1 Å². The predicted octanol–water partition coefficient (Wildman–Crippen LogP) is 1.56. The highest BCUT2D eigenvalue weighted by Gasteiger charge is 2.49. The lowest BCUT2D eigenvalue weighted by Gasteiger charge is -2.42. The lowest BCUT2D eigenvalue weighted by molar-refractivity contribution is -0.249. The number of carbonyl (C=O) groups is 5. The number of ether oxygens (including phenoxy) is 3. The molecule has 2 aromatic carbocycles. The molecule has 45 heavy (non-hydrogen) atoms. The van der Waals surface area contributed by atoms with E-state index < -0.39 is 95.0 Å². The third-order valence-corrected chi connectivity index (χ3v) is 8.80. The van der Waals surface area contributed by atoms with E-state index in [1.165, 1.54) is 32.2 Å². The molecule has 0 saturated carbocycles. The van der Waals surface area contributed by atoms with E-state index in [1.54, 1.807) is 6.92 Å². The molecule has 1 amide bonds. The summed E-state index contributed by atoms with van der Waals surface area (Å²) in [4.78, 5) is 63.8. The van der Waals surface area contributed by atoms with Gasteiger partial charge in [-0.3, -0.25) is 19.2 Å². The Morgan fingerprint density at radius 2 is 1.73 bits per heavy atom. The summed E-state index contributed by atoms with van der Waals surface area (Å²) in [6.07, 6.45) is -5.55. The number of phenolic OH excluding ortho intramolecular Hbond substituents is 2. The van der Waals surface area contributed by atoms with E-state index in [9.17, 15) is 44.4 Å². The number of aromatic hydroxyl groups is 2. The number of fused-ring (bicyclic) bond motifs is 3. The van der Waals surface area contributed by atoms with Gasteiger partial charge in [0.25, 0.3) is 0 Å². The van der Waals surface area contributed by atoms with Crippen LogP contribution in [0.4, 0.5) is 0 Å². The smallest absolute Gasteiger partial charge is 0.220 e. The number of amides is 1. The van der Waals surface area contributed by atoms with Crippen LogP contribution in [0.25, 0.3) is 0 Å². The summed E-state index contributed by atoms with van der Waals surface area (Å²) in [5.74, 6) is -4.10. The first-order valence-electron chi connectivity index (χ1n) is 14.6. The van der Waals surface area contributed by atoms with Gasteiger partial charge in [-0.25, -0.2) is 0 Å². The Hall–Kier alpha value is -4.17. The largest absolute Gasteiger partial charge is 0.507 e. The van der Waals surface area contributed by atoms with Crippen molar-refractivity contribution in [3.63, 3.8) is 0 Å². The Morgan fingerprint density at radius 1 is 1.04 bits per heavy atom. The molecule has 240 valence electrons. The number of hydrogen-bond acceptors (Lipinski definition) is 12. The highest BCUT2D eigenvalue weighted by molar-refractivity contribution is 6.31. The molecule has 0 spiro atoms. The number of methoxy groups -OCH3 is 1. The molecule has 6 atom stereocenters. The number of aliphatic hydroxyl groups is 2. The van der Waals surface area contributed by atoms with Gasteiger partial charge in [-0.15, -0.1) is 0 Å². The van der Waals surface area contributed by atoms with Gasteiger partial charge in [0, 0.05) is 48.8 Å². The fraction of sp³-hybridized carbons (Fsp3) is 0.469. The topological polar surface area (TPSA) is 206 Å². The minimum absolute atomic E-state index is 0.0216. The quantitative estimate of drug-likeness (QED) is 0.226. The van der Waals surface area contributed by atoms with Crippen molar-refractivity contribution in [1.82, 2.24) is 5.32 Å². The number of benzene rings is 2. The van der Waals surface area contributed by atoms with Gasteiger partial charge in [0.15, 0.2) is 17.9 Å². The van der Waals surface area contributed by atoms with Crippen molar-refractivity contribution in [3.8, 4) is 17.2 Å². The second-order valence-electron chi connectivity index (χ2n) is 11.8. The second-order valence-corrected chi connectivity index (χ2v) is 11.8.